The zero-order valence-corrected chi connectivity index (χ0v) is 14.2. The Kier molecular flexibility index (Phi) is 5.02. The highest BCUT2D eigenvalue weighted by Crippen LogP contribution is 2.41. The number of hydrogen-bond acceptors (Lipinski definition) is 9. The number of ether oxygens (including phenoxy) is 1. The first-order valence-electron chi connectivity index (χ1n) is 7.50. The Morgan fingerprint density at radius 3 is 2.92 bits per heavy atom. The van der Waals surface area contributed by atoms with Gasteiger partial charge in [-0.3, -0.25) is 9.09 Å². The van der Waals surface area contributed by atoms with Crippen LogP contribution in [-0.4, -0.2) is 66.1 Å². The molecular formula is C12H19N6O6P. The molecule has 1 fully saturated rings. The molecule has 1 unspecified atom stereocenters. The Bertz CT molecular complexity index is 801. The maximum atomic E-state index is 11.9. The van der Waals surface area contributed by atoms with E-state index in [-0.39, 0.29) is 12.4 Å². The van der Waals surface area contributed by atoms with Crippen LogP contribution in [0, 0.1) is 0 Å². The number of rotatable bonds is 6. The fourth-order valence-electron chi connectivity index (χ4n) is 2.74. The van der Waals surface area contributed by atoms with Gasteiger partial charge < -0.3 is 25.6 Å². The molecule has 6 N–H and O–H groups in total. The van der Waals surface area contributed by atoms with E-state index < -0.39 is 38.8 Å². The van der Waals surface area contributed by atoms with Crippen LogP contribution in [0.15, 0.2) is 12.7 Å². The first kappa shape index (κ1) is 18.1. The van der Waals surface area contributed by atoms with E-state index in [0.717, 1.165) is 0 Å². The summed E-state index contributed by atoms with van der Waals surface area (Å²) in [4.78, 5) is 21.7. The minimum Gasteiger partial charge on any atom is -0.394 e. The Morgan fingerprint density at radius 2 is 2.24 bits per heavy atom. The van der Waals surface area contributed by atoms with Crippen molar-refractivity contribution in [2.45, 2.75) is 31.4 Å². The van der Waals surface area contributed by atoms with E-state index in [1.807, 2.05) is 0 Å². The lowest BCUT2D eigenvalue weighted by Gasteiger charge is -2.23. The summed E-state index contributed by atoms with van der Waals surface area (Å²) in [7, 11) is -4.16. The minimum absolute atomic E-state index is 0.0000252. The summed E-state index contributed by atoms with van der Waals surface area (Å²) in [5.74, 6) is 0.167. The summed E-state index contributed by atoms with van der Waals surface area (Å²) in [5.41, 5.74) is 6.39. The van der Waals surface area contributed by atoms with Crippen molar-refractivity contribution in [3.05, 3.63) is 12.7 Å². The lowest BCUT2D eigenvalue weighted by atomic mass is 10.1. The highest BCUT2D eigenvalue weighted by atomic mass is 31.2. The number of nitrogens with two attached hydrogens (primary N) is 1. The molecule has 1 aliphatic rings. The normalized spacial score (nSPS) is 29.1. The third-order valence-corrected chi connectivity index (χ3v) is 5.06. The molecule has 0 spiro atoms. The number of aliphatic hydroxyl groups excluding tert-OH is 2. The third-order valence-electron chi connectivity index (χ3n) is 3.83. The van der Waals surface area contributed by atoms with Crippen molar-refractivity contribution in [3.63, 3.8) is 0 Å². The monoisotopic (exact) mass is 374 g/mol. The number of nitrogens with zero attached hydrogens (tertiary/aromatic N) is 4. The second-order valence-electron chi connectivity index (χ2n) is 5.41. The van der Waals surface area contributed by atoms with Crippen molar-refractivity contribution < 1.29 is 28.9 Å². The van der Waals surface area contributed by atoms with Crippen LogP contribution in [0.5, 0.6) is 0 Å². The lowest BCUT2D eigenvalue weighted by Crippen LogP contribution is -2.44. The van der Waals surface area contributed by atoms with Crippen molar-refractivity contribution in [1.29, 1.82) is 0 Å². The predicted octanol–water partition coefficient (Wildman–Crippen LogP) is -1.25. The zero-order valence-electron chi connectivity index (χ0n) is 13.3. The van der Waals surface area contributed by atoms with Gasteiger partial charge in [0.25, 0.3) is 0 Å². The summed E-state index contributed by atoms with van der Waals surface area (Å²) in [6.07, 6.45) is -0.630. The van der Waals surface area contributed by atoms with Gasteiger partial charge in [-0.25, -0.2) is 24.6 Å². The van der Waals surface area contributed by atoms with Crippen molar-refractivity contribution in [2.24, 2.45) is 0 Å². The number of nitrogen functional groups attached to an aromatic ring is 1. The number of aliphatic hydroxyl groups is 2. The summed E-state index contributed by atoms with van der Waals surface area (Å²) in [5, 5.41) is 22.4. The number of aromatic nitrogens is 4. The van der Waals surface area contributed by atoms with E-state index in [2.05, 4.69) is 20.0 Å². The molecule has 12 nitrogen and oxygen atoms in total. The van der Waals surface area contributed by atoms with E-state index in [0.29, 0.717) is 11.2 Å². The van der Waals surface area contributed by atoms with Crippen LogP contribution in [0.3, 0.4) is 0 Å². The molecule has 2 aromatic heterocycles. The zero-order chi connectivity index (χ0) is 18.2. The third kappa shape index (κ3) is 3.37. The Labute approximate surface area is 142 Å². The summed E-state index contributed by atoms with van der Waals surface area (Å²) >= 11 is 0. The van der Waals surface area contributed by atoms with Crippen LogP contribution < -0.4 is 10.8 Å². The van der Waals surface area contributed by atoms with Crippen LogP contribution in [0.4, 0.5) is 5.82 Å². The molecule has 5 atom stereocenters. The lowest BCUT2D eigenvalue weighted by molar-refractivity contribution is -0.0489. The van der Waals surface area contributed by atoms with Gasteiger partial charge in [-0.2, -0.15) is 0 Å². The molecule has 0 radical (unpaired) electrons. The number of anilines is 1. The molecule has 2 aromatic rings. The fourth-order valence-corrected chi connectivity index (χ4v) is 3.86. The van der Waals surface area contributed by atoms with Crippen LogP contribution in [0.25, 0.3) is 11.2 Å². The predicted molar refractivity (Wildman–Crippen MR) is 85.1 cm³/mol. The second kappa shape index (κ2) is 6.92. The molecule has 0 amide bonds. The molecular weight excluding hydrogens is 355 g/mol. The van der Waals surface area contributed by atoms with E-state index >= 15 is 0 Å². The molecule has 1 aliphatic heterocycles. The molecule has 3 rings (SSSR count). The number of hydrogen-bond donors (Lipinski definition) is 5. The molecule has 13 heteroatoms. The van der Waals surface area contributed by atoms with Gasteiger partial charge in [0.2, 0.25) is 0 Å². The molecule has 0 aromatic carbocycles. The molecule has 0 saturated carbocycles. The smallest absolute Gasteiger partial charge is 0.394 e. The minimum atomic E-state index is -4.16. The first-order valence-corrected chi connectivity index (χ1v) is 9.08. The fraction of sp³-hybridized carbons (Fsp3) is 0.583. The standard InChI is InChI=1S/C12H19N6O6P/c1-2-23-25(21,22)17-7-6(3-19)24-12(9(7)20)18-5-16-8-10(13)14-4-15-11(8)18/h4-7,9,12,19-20H,2-3H2,1H3,(H2,13,14,15)(H2,17,21,22)/t6-,7-,9-,12-/m1/s1. The van der Waals surface area contributed by atoms with Crippen molar-refractivity contribution in [3.8, 4) is 0 Å². The molecule has 25 heavy (non-hydrogen) atoms. The van der Waals surface area contributed by atoms with Gasteiger partial charge in [0.1, 0.15) is 24.1 Å². The van der Waals surface area contributed by atoms with Crippen molar-refractivity contribution >= 4 is 24.7 Å². The quantitative estimate of drug-likeness (QED) is 0.382. The van der Waals surface area contributed by atoms with Gasteiger partial charge in [-0.1, -0.05) is 0 Å². The van der Waals surface area contributed by atoms with Crippen LogP contribution in [-0.2, 0) is 13.8 Å². The summed E-state index contributed by atoms with van der Waals surface area (Å²) in [6, 6.07) is -1.05. The highest BCUT2D eigenvalue weighted by Gasteiger charge is 2.47. The van der Waals surface area contributed by atoms with Crippen LogP contribution in [0.2, 0.25) is 0 Å². The average molecular weight is 374 g/mol. The second-order valence-corrected chi connectivity index (χ2v) is 6.97. The van der Waals surface area contributed by atoms with E-state index in [1.165, 1.54) is 17.2 Å². The van der Waals surface area contributed by atoms with Gasteiger partial charge in [0, 0.05) is 0 Å². The van der Waals surface area contributed by atoms with E-state index in [9.17, 15) is 19.7 Å². The van der Waals surface area contributed by atoms with Crippen molar-refractivity contribution in [1.82, 2.24) is 24.6 Å². The first-order chi connectivity index (χ1) is 11.9. The van der Waals surface area contributed by atoms with Gasteiger partial charge in [0.15, 0.2) is 17.7 Å². The Hall–Kier alpha value is -1.66. The van der Waals surface area contributed by atoms with Crippen LogP contribution in [0.1, 0.15) is 13.2 Å². The highest BCUT2D eigenvalue weighted by molar-refractivity contribution is 7.50. The molecule has 0 aliphatic carbocycles. The van der Waals surface area contributed by atoms with Gasteiger partial charge in [0.05, 0.1) is 25.6 Å². The Balaban J connectivity index is 1.91. The van der Waals surface area contributed by atoms with E-state index in [4.69, 9.17) is 15.0 Å². The maximum absolute atomic E-state index is 11.9. The number of fused-ring (bicyclic) bond motifs is 1. The molecule has 1 saturated heterocycles. The van der Waals surface area contributed by atoms with Crippen LogP contribution >= 0.6 is 7.75 Å². The number of nitrogens with one attached hydrogen (secondary N) is 1. The molecule has 3 heterocycles. The largest absolute Gasteiger partial charge is 0.403 e. The Morgan fingerprint density at radius 1 is 1.48 bits per heavy atom. The number of imidazole rings is 1. The van der Waals surface area contributed by atoms with Gasteiger partial charge >= 0.3 is 7.75 Å². The molecule has 0 bridgehead atoms. The van der Waals surface area contributed by atoms with Gasteiger partial charge in [-0.05, 0) is 6.92 Å². The van der Waals surface area contributed by atoms with Gasteiger partial charge in [-0.15, -0.1) is 0 Å². The summed E-state index contributed by atoms with van der Waals surface area (Å²) < 4.78 is 23.7. The topological polar surface area (TPSA) is 178 Å². The van der Waals surface area contributed by atoms with Crippen molar-refractivity contribution in [2.75, 3.05) is 18.9 Å². The van der Waals surface area contributed by atoms with E-state index in [1.54, 1.807) is 6.92 Å². The maximum Gasteiger partial charge on any atom is 0.403 e. The summed E-state index contributed by atoms with van der Waals surface area (Å²) in [6.45, 7) is 1.07. The average Bonchev–Trinajstić information content (AvgIpc) is 3.10. The molecule has 138 valence electrons. The SMILES string of the molecule is CCOP(=O)(O)N[C@H]1[C@@H](O)[C@H](n2cnc3c(N)ncnc32)O[C@@H]1CO.